The van der Waals surface area contributed by atoms with E-state index in [0.717, 1.165) is 43.0 Å². The number of hydrogen-bond acceptors (Lipinski definition) is 5. The van der Waals surface area contributed by atoms with Crippen molar-refractivity contribution in [3.05, 3.63) is 76.3 Å². The summed E-state index contributed by atoms with van der Waals surface area (Å²) in [5.41, 5.74) is 4.01. The summed E-state index contributed by atoms with van der Waals surface area (Å²) in [5, 5.41) is 6.33. The molecule has 7 heteroatoms. The van der Waals surface area contributed by atoms with Gasteiger partial charge in [0.1, 0.15) is 0 Å². The molecule has 1 aliphatic rings. The summed E-state index contributed by atoms with van der Waals surface area (Å²) in [5.74, 6) is -0.204. The maximum atomic E-state index is 12.4. The average molecular weight is 421 g/mol. The molecule has 2 N–H and O–H groups in total. The van der Waals surface area contributed by atoms with Crippen molar-refractivity contribution in [2.75, 3.05) is 17.2 Å². The number of anilines is 2. The number of hydrogen-bond donors (Lipinski definition) is 2. The highest BCUT2D eigenvalue weighted by atomic mass is 32.1. The molecule has 0 spiro atoms. The molecule has 2 amide bonds. The molecular weight excluding hydrogens is 396 g/mol. The van der Waals surface area contributed by atoms with E-state index < -0.39 is 0 Å². The van der Waals surface area contributed by atoms with E-state index in [1.54, 1.807) is 23.5 Å². The molecule has 0 bridgehead atoms. The van der Waals surface area contributed by atoms with Crippen molar-refractivity contribution in [1.82, 2.24) is 9.88 Å². The SMILES string of the molecule is CC(=O)Nc1ccc(CC(=O)Nc2nc3c(s2)CN(Cc2ccccc2)CC3)cc1. The number of aromatic nitrogens is 1. The molecule has 30 heavy (non-hydrogen) atoms. The van der Waals surface area contributed by atoms with E-state index in [9.17, 15) is 9.59 Å². The Hall–Kier alpha value is -3.03. The normalized spacial score (nSPS) is 13.5. The van der Waals surface area contributed by atoms with Gasteiger partial charge in [-0.05, 0) is 23.3 Å². The Bertz CT molecular complexity index is 1030. The molecule has 0 unspecified atom stereocenters. The van der Waals surface area contributed by atoms with E-state index in [-0.39, 0.29) is 18.2 Å². The van der Waals surface area contributed by atoms with Gasteiger partial charge in [0.2, 0.25) is 11.8 Å². The largest absolute Gasteiger partial charge is 0.326 e. The maximum Gasteiger partial charge on any atom is 0.230 e. The first kappa shape index (κ1) is 20.3. The van der Waals surface area contributed by atoms with Gasteiger partial charge in [-0.15, -0.1) is 11.3 Å². The monoisotopic (exact) mass is 420 g/mol. The zero-order chi connectivity index (χ0) is 20.9. The molecule has 3 aromatic rings. The minimum atomic E-state index is -0.115. The van der Waals surface area contributed by atoms with Crippen LogP contribution in [0.25, 0.3) is 0 Å². The van der Waals surface area contributed by atoms with Crippen molar-refractivity contribution >= 4 is 34.0 Å². The second-order valence-electron chi connectivity index (χ2n) is 7.44. The Morgan fingerprint density at radius 1 is 1.03 bits per heavy atom. The highest BCUT2D eigenvalue weighted by molar-refractivity contribution is 7.15. The highest BCUT2D eigenvalue weighted by Crippen LogP contribution is 2.29. The second kappa shape index (κ2) is 9.19. The Labute approximate surface area is 180 Å². The predicted octanol–water partition coefficient (Wildman–Crippen LogP) is 3.84. The smallest absolute Gasteiger partial charge is 0.230 e. The summed E-state index contributed by atoms with van der Waals surface area (Å²) in [7, 11) is 0. The lowest BCUT2D eigenvalue weighted by atomic mass is 10.1. The molecule has 0 radical (unpaired) electrons. The van der Waals surface area contributed by atoms with Gasteiger partial charge in [0.25, 0.3) is 0 Å². The minimum absolute atomic E-state index is 0.0884. The van der Waals surface area contributed by atoms with Crippen molar-refractivity contribution in [2.45, 2.75) is 32.9 Å². The zero-order valence-electron chi connectivity index (χ0n) is 16.9. The third-order valence-electron chi connectivity index (χ3n) is 4.94. The van der Waals surface area contributed by atoms with Gasteiger partial charge in [-0.1, -0.05) is 42.5 Å². The third-order valence-corrected chi connectivity index (χ3v) is 5.94. The summed E-state index contributed by atoms with van der Waals surface area (Å²) < 4.78 is 0. The lowest BCUT2D eigenvalue weighted by Crippen LogP contribution is -2.29. The van der Waals surface area contributed by atoms with Gasteiger partial charge in [-0.2, -0.15) is 0 Å². The molecule has 154 valence electrons. The van der Waals surface area contributed by atoms with Crippen LogP contribution in [-0.2, 0) is 35.5 Å². The van der Waals surface area contributed by atoms with E-state index in [4.69, 9.17) is 0 Å². The fourth-order valence-electron chi connectivity index (χ4n) is 3.54. The molecule has 2 heterocycles. The Morgan fingerprint density at radius 3 is 2.53 bits per heavy atom. The van der Waals surface area contributed by atoms with Gasteiger partial charge in [0, 0.05) is 43.5 Å². The van der Waals surface area contributed by atoms with Crippen molar-refractivity contribution < 1.29 is 9.59 Å². The summed E-state index contributed by atoms with van der Waals surface area (Å²) in [6, 6.07) is 17.8. The molecule has 0 aliphatic carbocycles. The number of thiazole rings is 1. The number of carbonyl (C=O) groups is 2. The Kier molecular flexibility index (Phi) is 6.21. The lowest BCUT2D eigenvalue weighted by molar-refractivity contribution is -0.116. The number of nitrogens with zero attached hydrogens (tertiary/aromatic N) is 2. The van der Waals surface area contributed by atoms with Gasteiger partial charge in [-0.25, -0.2) is 4.98 Å². The van der Waals surface area contributed by atoms with Crippen LogP contribution in [0.15, 0.2) is 54.6 Å². The van der Waals surface area contributed by atoms with Crippen molar-refractivity contribution in [3.63, 3.8) is 0 Å². The summed E-state index contributed by atoms with van der Waals surface area (Å²) in [6.07, 6.45) is 1.17. The van der Waals surface area contributed by atoms with Crippen LogP contribution in [0.5, 0.6) is 0 Å². The van der Waals surface area contributed by atoms with E-state index in [1.807, 2.05) is 18.2 Å². The summed E-state index contributed by atoms with van der Waals surface area (Å²) in [6.45, 7) is 4.23. The van der Waals surface area contributed by atoms with Gasteiger partial charge in [0.15, 0.2) is 5.13 Å². The van der Waals surface area contributed by atoms with E-state index in [2.05, 4.69) is 44.8 Å². The minimum Gasteiger partial charge on any atom is -0.326 e. The third kappa shape index (κ3) is 5.31. The number of amides is 2. The first-order chi connectivity index (χ1) is 14.5. The summed E-state index contributed by atoms with van der Waals surface area (Å²) >= 11 is 1.57. The first-order valence-electron chi connectivity index (χ1n) is 9.96. The molecule has 0 saturated heterocycles. The molecule has 6 nitrogen and oxygen atoms in total. The average Bonchev–Trinajstić information content (AvgIpc) is 3.11. The first-order valence-corrected chi connectivity index (χ1v) is 10.8. The molecule has 2 aromatic carbocycles. The van der Waals surface area contributed by atoms with Gasteiger partial charge < -0.3 is 10.6 Å². The van der Waals surface area contributed by atoms with Crippen LogP contribution in [0, 0.1) is 0 Å². The molecule has 4 rings (SSSR count). The van der Waals surface area contributed by atoms with Gasteiger partial charge >= 0.3 is 0 Å². The Balaban J connectivity index is 1.33. The van der Waals surface area contributed by atoms with Crippen molar-refractivity contribution in [3.8, 4) is 0 Å². The summed E-state index contributed by atoms with van der Waals surface area (Å²) in [4.78, 5) is 31.8. The van der Waals surface area contributed by atoms with E-state index >= 15 is 0 Å². The van der Waals surface area contributed by atoms with Crippen LogP contribution in [0.2, 0.25) is 0 Å². The molecule has 0 saturated carbocycles. The van der Waals surface area contributed by atoms with Crippen LogP contribution >= 0.6 is 11.3 Å². The fraction of sp³-hybridized carbons (Fsp3) is 0.261. The highest BCUT2D eigenvalue weighted by Gasteiger charge is 2.21. The second-order valence-corrected chi connectivity index (χ2v) is 8.52. The van der Waals surface area contributed by atoms with Crippen LogP contribution in [0.3, 0.4) is 0 Å². The number of benzene rings is 2. The molecule has 1 aromatic heterocycles. The van der Waals surface area contributed by atoms with Gasteiger partial charge in [0.05, 0.1) is 12.1 Å². The molecule has 1 aliphatic heterocycles. The Morgan fingerprint density at radius 2 is 1.80 bits per heavy atom. The van der Waals surface area contributed by atoms with Crippen LogP contribution in [-0.4, -0.2) is 28.2 Å². The molecule has 0 fully saturated rings. The molecular formula is C23H24N4O2S. The zero-order valence-corrected chi connectivity index (χ0v) is 17.7. The lowest BCUT2D eigenvalue weighted by Gasteiger charge is -2.25. The van der Waals surface area contributed by atoms with Crippen molar-refractivity contribution in [1.29, 1.82) is 0 Å². The predicted molar refractivity (Wildman–Crippen MR) is 119 cm³/mol. The number of rotatable bonds is 6. The molecule has 0 atom stereocenters. The quantitative estimate of drug-likeness (QED) is 0.635. The number of nitrogens with one attached hydrogen (secondary N) is 2. The van der Waals surface area contributed by atoms with Crippen LogP contribution in [0.4, 0.5) is 10.8 Å². The van der Waals surface area contributed by atoms with E-state index in [0.29, 0.717) is 5.13 Å². The standard InChI is InChI=1S/C23H24N4O2S/c1-16(28)24-19-9-7-17(8-10-19)13-22(29)26-23-25-20-11-12-27(15-21(20)30-23)14-18-5-3-2-4-6-18/h2-10H,11-15H2,1H3,(H,24,28)(H,25,26,29). The van der Waals surface area contributed by atoms with Crippen LogP contribution in [0.1, 0.15) is 28.6 Å². The fourth-order valence-corrected chi connectivity index (χ4v) is 4.60. The van der Waals surface area contributed by atoms with Crippen molar-refractivity contribution in [2.24, 2.45) is 0 Å². The number of carbonyl (C=O) groups excluding carboxylic acids is 2. The number of fused-ring (bicyclic) bond motifs is 1. The van der Waals surface area contributed by atoms with Gasteiger partial charge in [-0.3, -0.25) is 14.5 Å². The van der Waals surface area contributed by atoms with E-state index in [1.165, 1.54) is 17.4 Å². The van der Waals surface area contributed by atoms with Crippen LogP contribution < -0.4 is 10.6 Å². The maximum absolute atomic E-state index is 12.4. The topological polar surface area (TPSA) is 74.3 Å².